The maximum Gasteiger partial charge on any atom is 0.101 e. The molecule has 0 amide bonds. The van der Waals surface area contributed by atoms with E-state index in [1.165, 1.54) is 32.6 Å². The molecular weight excluding hydrogens is 558 g/mol. The fourth-order valence-electron chi connectivity index (χ4n) is 7.14. The average molecular weight is 586 g/mol. The number of aromatic nitrogens is 2. The van der Waals surface area contributed by atoms with Gasteiger partial charge in [-0.2, -0.15) is 5.26 Å². The van der Waals surface area contributed by atoms with Crippen LogP contribution in [0.3, 0.4) is 0 Å². The van der Waals surface area contributed by atoms with E-state index in [1.807, 2.05) is 12.1 Å². The Balaban J connectivity index is 1.18. The summed E-state index contributed by atoms with van der Waals surface area (Å²) >= 11 is 0. The minimum Gasteiger partial charge on any atom is -0.309 e. The van der Waals surface area contributed by atoms with Crippen molar-refractivity contribution < 1.29 is 0 Å². The van der Waals surface area contributed by atoms with Gasteiger partial charge < -0.3 is 9.13 Å². The molecule has 0 aliphatic carbocycles. The lowest BCUT2D eigenvalue weighted by Crippen LogP contribution is -2.00. The van der Waals surface area contributed by atoms with Crippen LogP contribution in [0.1, 0.15) is 5.56 Å². The molecule has 9 rings (SSSR count). The van der Waals surface area contributed by atoms with Crippen LogP contribution in [0, 0.1) is 11.3 Å². The lowest BCUT2D eigenvalue weighted by atomic mass is 9.96. The summed E-state index contributed by atoms with van der Waals surface area (Å²) in [5, 5.41) is 15.2. The van der Waals surface area contributed by atoms with Crippen molar-refractivity contribution in [3.63, 3.8) is 0 Å². The van der Waals surface area contributed by atoms with Crippen molar-refractivity contribution in [3.8, 4) is 39.7 Å². The minimum absolute atomic E-state index is 0.643. The second-order valence-corrected chi connectivity index (χ2v) is 11.7. The van der Waals surface area contributed by atoms with Gasteiger partial charge in [0, 0.05) is 32.8 Å². The Labute approximate surface area is 266 Å². The van der Waals surface area contributed by atoms with E-state index in [2.05, 4.69) is 167 Å². The monoisotopic (exact) mass is 585 g/mol. The predicted molar refractivity (Wildman–Crippen MR) is 191 cm³/mol. The highest BCUT2D eigenvalue weighted by molar-refractivity contribution is 6.10. The fourth-order valence-corrected chi connectivity index (χ4v) is 7.14. The summed E-state index contributed by atoms with van der Waals surface area (Å²) in [7, 11) is 0. The van der Waals surface area contributed by atoms with Gasteiger partial charge >= 0.3 is 0 Å². The Hall–Kier alpha value is -6.37. The first-order chi connectivity index (χ1) is 22.8. The van der Waals surface area contributed by atoms with Crippen molar-refractivity contribution >= 4 is 43.6 Å². The molecular formula is C43H27N3. The number of nitriles is 1. The molecule has 0 saturated carbocycles. The molecule has 2 heterocycles. The molecule has 0 unspecified atom stereocenters. The zero-order valence-corrected chi connectivity index (χ0v) is 24.9. The van der Waals surface area contributed by atoms with Gasteiger partial charge in [0.1, 0.15) is 6.07 Å². The molecule has 3 nitrogen and oxygen atoms in total. The van der Waals surface area contributed by atoms with Crippen LogP contribution in [0.4, 0.5) is 0 Å². The standard InChI is InChI=1S/C43H27N3/c44-28-32-13-10-18-34(43(32)46-41-21-7-3-16-37(41)38-17-4-8-22-42(38)46)31-12-9-11-30(27-31)29-23-25-33(26-24-29)45-39-19-5-1-14-35(39)36-15-2-6-20-40(36)45/h1-27H. The first-order valence-electron chi connectivity index (χ1n) is 15.5. The zero-order chi connectivity index (χ0) is 30.6. The lowest BCUT2D eigenvalue weighted by molar-refractivity contribution is 1.17. The van der Waals surface area contributed by atoms with Gasteiger partial charge in [0.25, 0.3) is 0 Å². The molecule has 7 aromatic carbocycles. The molecule has 0 aliphatic rings. The molecule has 2 aromatic heterocycles. The highest BCUT2D eigenvalue weighted by atomic mass is 15.0. The van der Waals surface area contributed by atoms with E-state index < -0.39 is 0 Å². The second-order valence-electron chi connectivity index (χ2n) is 11.7. The molecule has 0 fully saturated rings. The van der Waals surface area contributed by atoms with E-state index in [0.29, 0.717) is 5.56 Å². The number of fused-ring (bicyclic) bond motifs is 6. The fraction of sp³-hybridized carbons (Fsp3) is 0. The van der Waals surface area contributed by atoms with E-state index in [4.69, 9.17) is 0 Å². The third-order valence-corrected chi connectivity index (χ3v) is 9.17. The summed E-state index contributed by atoms with van der Waals surface area (Å²) in [6.45, 7) is 0. The first kappa shape index (κ1) is 26.1. The number of para-hydroxylation sites is 5. The highest BCUT2D eigenvalue weighted by Crippen LogP contribution is 2.39. The molecule has 0 bridgehead atoms. The number of rotatable bonds is 4. The number of nitrogens with zero attached hydrogens (tertiary/aromatic N) is 3. The molecule has 3 heteroatoms. The van der Waals surface area contributed by atoms with Gasteiger partial charge in [0.15, 0.2) is 0 Å². The summed E-state index contributed by atoms with van der Waals surface area (Å²) in [6.07, 6.45) is 0. The highest BCUT2D eigenvalue weighted by Gasteiger charge is 2.19. The molecule has 0 aliphatic heterocycles. The summed E-state index contributed by atoms with van der Waals surface area (Å²) in [5.41, 5.74) is 11.6. The Morgan fingerprint density at radius 1 is 0.391 bits per heavy atom. The third kappa shape index (κ3) is 3.91. The van der Waals surface area contributed by atoms with E-state index >= 15 is 0 Å². The third-order valence-electron chi connectivity index (χ3n) is 9.17. The molecule has 214 valence electrons. The molecule has 0 radical (unpaired) electrons. The smallest absolute Gasteiger partial charge is 0.101 e. The van der Waals surface area contributed by atoms with Gasteiger partial charge in [-0.1, -0.05) is 115 Å². The maximum absolute atomic E-state index is 10.3. The van der Waals surface area contributed by atoms with Crippen LogP contribution in [0.2, 0.25) is 0 Å². The Bertz CT molecular complexity index is 2540. The van der Waals surface area contributed by atoms with Crippen LogP contribution in [-0.4, -0.2) is 9.13 Å². The molecule has 0 spiro atoms. The van der Waals surface area contributed by atoms with E-state index in [-0.39, 0.29) is 0 Å². The number of hydrogen-bond donors (Lipinski definition) is 0. The van der Waals surface area contributed by atoms with E-state index in [9.17, 15) is 5.26 Å². The van der Waals surface area contributed by atoms with Crippen molar-refractivity contribution in [2.45, 2.75) is 0 Å². The molecule has 9 aromatic rings. The van der Waals surface area contributed by atoms with Crippen LogP contribution in [0.5, 0.6) is 0 Å². The van der Waals surface area contributed by atoms with E-state index in [0.717, 1.165) is 44.7 Å². The summed E-state index contributed by atoms with van der Waals surface area (Å²) in [6, 6.07) is 60.1. The van der Waals surface area contributed by atoms with Crippen LogP contribution in [0.15, 0.2) is 164 Å². The van der Waals surface area contributed by atoms with Crippen molar-refractivity contribution in [2.24, 2.45) is 0 Å². The largest absolute Gasteiger partial charge is 0.309 e. The van der Waals surface area contributed by atoms with Gasteiger partial charge in [-0.25, -0.2) is 0 Å². The zero-order valence-electron chi connectivity index (χ0n) is 24.9. The van der Waals surface area contributed by atoms with Crippen molar-refractivity contribution in [3.05, 3.63) is 169 Å². The van der Waals surface area contributed by atoms with Gasteiger partial charge in [0.2, 0.25) is 0 Å². The van der Waals surface area contributed by atoms with Gasteiger partial charge in [-0.15, -0.1) is 0 Å². The van der Waals surface area contributed by atoms with Gasteiger partial charge in [-0.3, -0.25) is 0 Å². The van der Waals surface area contributed by atoms with Crippen LogP contribution in [0.25, 0.3) is 77.2 Å². The predicted octanol–water partition coefficient (Wildman–Crippen LogP) is 11.1. The van der Waals surface area contributed by atoms with Gasteiger partial charge in [-0.05, 0) is 65.2 Å². The maximum atomic E-state index is 10.3. The quantitative estimate of drug-likeness (QED) is 0.202. The Morgan fingerprint density at radius 2 is 0.870 bits per heavy atom. The summed E-state index contributed by atoms with van der Waals surface area (Å²) < 4.78 is 4.60. The SMILES string of the molecule is N#Cc1cccc(-c2cccc(-c3ccc(-n4c5ccccc5c5ccccc54)cc3)c2)c1-n1c2ccccc2c2ccccc21. The van der Waals surface area contributed by atoms with Crippen molar-refractivity contribution in [2.75, 3.05) is 0 Å². The normalized spacial score (nSPS) is 11.5. The molecule has 0 saturated heterocycles. The van der Waals surface area contributed by atoms with E-state index in [1.54, 1.807) is 0 Å². The number of benzene rings is 7. The van der Waals surface area contributed by atoms with Crippen LogP contribution in [-0.2, 0) is 0 Å². The van der Waals surface area contributed by atoms with Gasteiger partial charge in [0.05, 0.1) is 33.3 Å². The van der Waals surface area contributed by atoms with Crippen molar-refractivity contribution in [1.29, 1.82) is 5.26 Å². The molecule has 0 N–H and O–H groups in total. The summed E-state index contributed by atoms with van der Waals surface area (Å²) in [5.74, 6) is 0. The average Bonchev–Trinajstić information content (AvgIpc) is 3.64. The second kappa shape index (κ2) is 10.4. The van der Waals surface area contributed by atoms with Crippen LogP contribution < -0.4 is 0 Å². The first-order valence-corrected chi connectivity index (χ1v) is 15.5. The summed E-state index contributed by atoms with van der Waals surface area (Å²) in [4.78, 5) is 0. The molecule has 0 atom stereocenters. The lowest BCUT2D eigenvalue weighted by Gasteiger charge is -2.16. The number of hydrogen-bond acceptors (Lipinski definition) is 1. The Morgan fingerprint density at radius 3 is 1.41 bits per heavy atom. The van der Waals surface area contributed by atoms with Crippen molar-refractivity contribution in [1.82, 2.24) is 9.13 Å². The minimum atomic E-state index is 0.643. The molecule has 46 heavy (non-hydrogen) atoms. The Kier molecular flexibility index (Phi) is 5.88. The topological polar surface area (TPSA) is 33.6 Å². The van der Waals surface area contributed by atoms with Crippen LogP contribution >= 0.6 is 0 Å².